The van der Waals surface area contributed by atoms with Crippen LogP contribution < -0.4 is 0 Å². The van der Waals surface area contributed by atoms with Crippen molar-refractivity contribution >= 4 is 28.9 Å². The Balaban J connectivity index is 4.15. The number of hydrogen-bond acceptors (Lipinski definition) is 11. The lowest BCUT2D eigenvalue weighted by Gasteiger charge is -2.60. The third kappa shape index (κ3) is 2.54. The van der Waals surface area contributed by atoms with Gasteiger partial charge < -0.3 is 30.3 Å². The van der Waals surface area contributed by atoms with Crippen molar-refractivity contribution in [3.8, 4) is 0 Å². The number of aliphatic hydroxyl groups is 5. The smallest absolute Gasteiger partial charge is 0.267 e. The third-order valence-electron chi connectivity index (χ3n) is 5.01. The molecule has 5 N–H and O–H groups in total. The minimum atomic E-state index is -3.85. The van der Waals surface area contributed by atoms with Crippen LogP contribution in [0.5, 0.6) is 0 Å². The molecule has 0 bridgehead atoms. The Kier molecular flexibility index (Phi) is 5.67. The predicted octanol–water partition coefficient (Wildman–Crippen LogP) is -3.43. The largest absolute Gasteiger partial charge is 0.382 e. The molecule has 152 valence electrons. The highest BCUT2D eigenvalue weighted by molar-refractivity contribution is 6.09. The lowest BCUT2D eigenvalue weighted by atomic mass is 9.57. The first kappa shape index (κ1) is 23.1. The quantitative estimate of drug-likeness (QED) is 0.303. The van der Waals surface area contributed by atoms with Crippen molar-refractivity contribution in [3.05, 3.63) is 0 Å². The Hall–Kier alpha value is -1.89. The maximum Gasteiger partial charge on any atom is 0.267 e. The minimum Gasteiger partial charge on any atom is -0.382 e. The van der Waals surface area contributed by atoms with Crippen LogP contribution in [0.2, 0.25) is 0 Å². The molecule has 0 amide bonds. The van der Waals surface area contributed by atoms with E-state index in [9.17, 15) is 49.5 Å². The van der Waals surface area contributed by atoms with E-state index in [0.29, 0.717) is 27.7 Å². The van der Waals surface area contributed by atoms with E-state index in [-0.39, 0.29) is 0 Å². The van der Waals surface area contributed by atoms with Gasteiger partial charge in [0.2, 0.25) is 11.2 Å². The van der Waals surface area contributed by atoms with Crippen LogP contribution in [0, 0.1) is 0 Å². The lowest BCUT2D eigenvalue weighted by molar-refractivity contribution is -0.394. The molecule has 1 aliphatic heterocycles. The summed E-state index contributed by atoms with van der Waals surface area (Å²) in [5, 5.41) is 53.5. The molecule has 1 saturated heterocycles. The molecule has 11 heteroatoms. The first-order valence-corrected chi connectivity index (χ1v) is 7.77. The first-order chi connectivity index (χ1) is 12.0. The Bertz CT molecular complexity index is 730. The van der Waals surface area contributed by atoms with Gasteiger partial charge in [0.15, 0.2) is 34.5 Å². The van der Waals surface area contributed by atoms with Gasteiger partial charge in [0, 0.05) is 6.92 Å². The monoisotopic (exact) mass is 390 g/mol. The molecule has 1 unspecified atom stereocenters. The summed E-state index contributed by atoms with van der Waals surface area (Å²) in [5.74, 6) is -11.0. The van der Waals surface area contributed by atoms with Gasteiger partial charge in [0.25, 0.3) is 5.79 Å². The molecule has 1 aliphatic rings. The zero-order valence-corrected chi connectivity index (χ0v) is 15.3. The third-order valence-corrected chi connectivity index (χ3v) is 5.01. The summed E-state index contributed by atoms with van der Waals surface area (Å²) >= 11 is 0. The fraction of sp³-hybridized carbons (Fsp3) is 0.688. The van der Waals surface area contributed by atoms with E-state index in [0.717, 1.165) is 6.92 Å². The van der Waals surface area contributed by atoms with Gasteiger partial charge in [-0.25, -0.2) is 0 Å². The van der Waals surface area contributed by atoms with Gasteiger partial charge in [0.05, 0.1) is 0 Å². The van der Waals surface area contributed by atoms with E-state index in [4.69, 9.17) is 4.74 Å². The Morgan fingerprint density at radius 1 is 0.741 bits per heavy atom. The summed E-state index contributed by atoms with van der Waals surface area (Å²) in [4.78, 5) is 60.3. The van der Waals surface area contributed by atoms with Gasteiger partial charge in [-0.05, 0) is 27.7 Å². The van der Waals surface area contributed by atoms with Crippen molar-refractivity contribution < 1.29 is 54.2 Å². The maximum absolute atomic E-state index is 12.3. The highest BCUT2D eigenvalue weighted by Gasteiger charge is 2.84. The van der Waals surface area contributed by atoms with Crippen molar-refractivity contribution in [1.82, 2.24) is 0 Å². The fourth-order valence-corrected chi connectivity index (χ4v) is 3.40. The van der Waals surface area contributed by atoms with Crippen molar-refractivity contribution in [3.63, 3.8) is 0 Å². The zero-order valence-electron chi connectivity index (χ0n) is 15.3. The fourth-order valence-electron chi connectivity index (χ4n) is 3.40. The second-order valence-electron chi connectivity index (χ2n) is 6.65. The number of hydrogen-bond donors (Lipinski definition) is 5. The van der Waals surface area contributed by atoms with Gasteiger partial charge in [-0.2, -0.15) is 0 Å². The normalized spacial score (nSPS) is 40.1. The molecule has 1 heterocycles. The van der Waals surface area contributed by atoms with Crippen LogP contribution in [0.15, 0.2) is 0 Å². The topological polar surface area (TPSA) is 196 Å². The lowest BCUT2D eigenvalue weighted by Crippen LogP contribution is -2.91. The Labute approximate surface area is 153 Å². The minimum absolute atomic E-state index is 0.560. The molecule has 0 aromatic rings. The summed E-state index contributed by atoms with van der Waals surface area (Å²) in [6.45, 7) is 3.15. The second kappa shape index (κ2) is 6.62. The highest BCUT2D eigenvalue weighted by atomic mass is 16.7. The Morgan fingerprint density at radius 2 is 1.15 bits per heavy atom. The molecule has 0 aliphatic carbocycles. The first-order valence-electron chi connectivity index (χ1n) is 7.77. The highest BCUT2D eigenvalue weighted by Crippen LogP contribution is 2.51. The van der Waals surface area contributed by atoms with Crippen molar-refractivity contribution in [1.29, 1.82) is 0 Å². The molecule has 0 radical (unpaired) electrons. The van der Waals surface area contributed by atoms with E-state index >= 15 is 0 Å². The molecule has 0 aromatic heterocycles. The summed E-state index contributed by atoms with van der Waals surface area (Å²) in [6, 6.07) is 0. The van der Waals surface area contributed by atoms with Crippen molar-refractivity contribution in [2.75, 3.05) is 0 Å². The molecule has 0 saturated carbocycles. The maximum atomic E-state index is 12.3. The molecule has 11 nitrogen and oxygen atoms in total. The number of aliphatic hydroxyl groups excluding tert-OH is 1. The van der Waals surface area contributed by atoms with Crippen molar-refractivity contribution in [2.24, 2.45) is 0 Å². The summed E-state index contributed by atoms with van der Waals surface area (Å²) in [5.41, 5.74) is -11.3. The van der Waals surface area contributed by atoms with Crippen molar-refractivity contribution in [2.45, 2.75) is 69.4 Å². The van der Waals surface area contributed by atoms with Gasteiger partial charge in [-0.15, -0.1) is 0 Å². The van der Waals surface area contributed by atoms with E-state index in [1.165, 1.54) is 0 Å². The Morgan fingerprint density at radius 3 is 1.41 bits per heavy atom. The molecule has 6 atom stereocenters. The van der Waals surface area contributed by atoms with Crippen LogP contribution in [-0.4, -0.2) is 89.2 Å². The van der Waals surface area contributed by atoms with Gasteiger partial charge >= 0.3 is 0 Å². The van der Waals surface area contributed by atoms with Crippen LogP contribution in [0.4, 0.5) is 0 Å². The molecule has 1 fully saturated rings. The summed E-state index contributed by atoms with van der Waals surface area (Å²) in [6.07, 6.45) is -5.00. The molecule has 0 spiro atoms. The number of rotatable bonds is 6. The van der Waals surface area contributed by atoms with E-state index in [1.54, 1.807) is 0 Å². The van der Waals surface area contributed by atoms with Crippen LogP contribution in [0.3, 0.4) is 0 Å². The van der Waals surface area contributed by atoms with Crippen LogP contribution in [-0.2, 0) is 28.7 Å². The number of carbonyl (C=O) groups is 5. The molecular formula is C16H22O11. The van der Waals surface area contributed by atoms with Gasteiger partial charge in [-0.3, -0.25) is 24.0 Å². The molecular weight excluding hydrogens is 368 g/mol. The second-order valence-corrected chi connectivity index (χ2v) is 6.65. The molecule has 27 heavy (non-hydrogen) atoms. The number of Topliss-reactive ketones (excluding diaryl/α,β-unsaturated/α-hetero) is 5. The van der Waals surface area contributed by atoms with Gasteiger partial charge in [-0.1, -0.05) is 0 Å². The predicted molar refractivity (Wildman–Crippen MR) is 84.1 cm³/mol. The van der Waals surface area contributed by atoms with Crippen LogP contribution >= 0.6 is 0 Å². The van der Waals surface area contributed by atoms with Crippen LogP contribution in [0.1, 0.15) is 34.6 Å². The zero-order chi connectivity index (χ0) is 21.7. The van der Waals surface area contributed by atoms with E-state index in [1.807, 2.05) is 0 Å². The molecule has 1 rings (SSSR count). The number of carbonyl (C=O) groups excluding carboxylic acids is 5. The SMILES string of the molecule is CC(=O)C(O)[C@H]1O[C@@](O)(C(C)=O)[C@](O)(C(C)=O)[C@](O)(C(C)=O)[C@@]1(O)C(C)=O. The molecule has 0 aromatic carbocycles. The number of ketones is 5. The standard InChI is InChI=1S/C16H22O11/c1-6(17)11(22)12-13(23,7(2)18)14(24,8(3)19)15(25,9(4)20)16(26,27-12)10(5)21/h11-12,22-26H,1-5H3/t11?,12-,13-,14+,15+,16+/m1/s1. The van der Waals surface area contributed by atoms with Gasteiger partial charge in [0.1, 0.15) is 12.2 Å². The number of ether oxygens (including phenoxy) is 1. The van der Waals surface area contributed by atoms with Crippen LogP contribution in [0.25, 0.3) is 0 Å². The summed E-state index contributed by atoms with van der Waals surface area (Å²) < 4.78 is 4.84. The average Bonchev–Trinajstić information content (AvgIpc) is 2.54. The van der Waals surface area contributed by atoms with E-state index in [2.05, 4.69) is 0 Å². The summed E-state index contributed by atoms with van der Waals surface area (Å²) in [7, 11) is 0. The average molecular weight is 390 g/mol. The van der Waals surface area contributed by atoms with E-state index < -0.39 is 63.7 Å².